The fourth-order valence-electron chi connectivity index (χ4n) is 2.61. The van der Waals surface area contributed by atoms with Gasteiger partial charge in [0.15, 0.2) is 0 Å². The van der Waals surface area contributed by atoms with Crippen molar-refractivity contribution in [2.45, 2.75) is 13.8 Å². The molecule has 0 atom stereocenters. The second kappa shape index (κ2) is 6.15. The molecule has 1 aromatic rings. The lowest BCUT2D eigenvalue weighted by molar-refractivity contribution is 0.231. The Morgan fingerprint density at radius 2 is 1.89 bits per heavy atom. The quantitative estimate of drug-likeness (QED) is 0.844. The molecule has 0 spiro atoms. The van der Waals surface area contributed by atoms with Gasteiger partial charge in [-0.3, -0.25) is 4.90 Å². The summed E-state index contributed by atoms with van der Waals surface area (Å²) < 4.78 is 5.28. The largest absolute Gasteiger partial charge is 0.497 e. The van der Waals surface area contributed by atoms with Crippen LogP contribution in [0, 0.1) is 5.92 Å². The number of nitrogen functional groups attached to an aromatic ring is 1. The first-order valence-corrected chi connectivity index (χ1v) is 7.01. The van der Waals surface area contributed by atoms with Crippen molar-refractivity contribution in [3.63, 3.8) is 0 Å². The van der Waals surface area contributed by atoms with E-state index in [1.54, 1.807) is 7.11 Å². The smallest absolute Gasteiger partial charge is 0.121 e. The Kier molecular flexibility index (Phi) is 4.53. The minimum absolute atomic E-state index is 0.730. The Labute approximate surface area is 116 Å². The van der Waals surface area contributed by atoms with Crippen molar-refractivity contribution in [2.24, 2.45) is 5.92 Å². The van der Waals surface area contributed by atoms with Gasteiger partial charge in [0.2, 0.25) is 0 Å². The highest BCUT2D eigenvalue weighted by Gasteiger charge is 2.19. The Bertz CT molecular complexity index is 412. The number of piperazine rings is 1. The van der Waals surface area contributed by atoms with E-state index in [9.17, 15) is 0 Å². The number of hydrogen-bond donors (Lipinski definition) is 1. The minimum Gasteiger partial charge on any atom is -0.497 e. The van der Waals surface area contributed by atoms with E-state index in [2.05, 4.69) is 23.6 Å². The van der Waals surface area contributed by atoms with Crippen LogP contribution in [0.2, 0.25) is 0 Å². The van der Waals surface area contributed by atoms with E-state index < -0.39 is 0 Å². The molecular weight excluding hydrogens is 238 g/mol. The van der Waals surface area contributed by atoms with Gasteiger partial charge in [0.1, 0.15) is 5.75 Å². The molecule has 4 nitrogen and oxygen atoms in total. The van der Waals surface area contributed by atoms with E-state index in [1.807, 2.05) is 18.2 Å². The molecule has 0 amide bonds. The maximum absolute atomic E-state index is 6.08. The van der Waals surface area contributed by atoms with Crippen LogP contribution < -0.4 is 15.4 Å². The third-order valence-corrected chi connectivity index (χ3v) is 3.57. The van der Waals surface area contributed by atoms with Crippen LogP contribution in [-0.2, 0) is 0 Å². The van der Waals surface area contributed by atoms with Gasteiger partial charge in [0, 0.05) is 38.8 Å². The van der Waals surface area contributed by atoms with E-state index in [0.29, 0.717) is 0 Å². The predicted molar refractivity (Wildman–Crippen MR) is 80.9 cm³/mol. The summed E-state index contributed by atoms with van der Waals surface area (Å²) in [5.41, 5.74) is 8.01. The normalized spacial score (nSPS) is 16.9. The lowest BCUT2D eigenvalue weighted by Crippen LogP contribution is -2.47. The van der Waals surface area contributed by atoms with E-state index in [0.717, 1.165) is 49.2 Å². The van der Waals surface area contributed by atoms with Crippen LogP contribution in [0.1, 0.15) is 13.8 Å². The number of rotatable bonds is 4. The number of anilines is 2. The van der Waals surface area contributed by atoms with Gasteiger partial charge in [-0.1, -0.05) is 13.8 Å². The van der Waals surface area contributed by atoms with Crippen LogP contribution >= 0.6 is 0 Å². The molecule has 106 valence electrons. The van der Waals surface area contributed by atoms with E-state index in [1.165, 1.54) is 6.54 Å². The standard InChI is InChI=1S/C15H25N3O/c1-12(2)11-17-6-8-18(9-7-17)15-10-13(19-3)4-5-14(15)16/h4-5,10,12H,6-9,11,16H2,1-3H3. The molecule has 0 aromatic heterocycles. The Morgan fingerprint density at radius 1 is 1.21 bits per heavy atom. The monoisotopic (exact) mass is 263 g/mol. The number of nitrogens with zero attached hydrogens (tertiary/aromatic N) is 2. The van der Waals surface area contributed by atoms with Crippen molar-refractivity contribution in [3.8, 4) is 5.75 Å². The summed E-state index contributed by atoms with van der Waals surface area (Å²) in [6.45, 7) is 10.00. The fraction of sp³-hybridized carbons (Fsp3) is 0.600. The van der Waals surface area contributed by atoms with Crippen LogP contribution in [0.4, 0.5) is 11.4 Å². The van der Waals surface area contributed by atoms with E-state index in [4.69, 9.17) is 10.5 Å². The second-order valence-electron chi connectivity index (χ2n) is 5.61. The molecule has 1 aliphatic heterocycles. The maximum atomic E-state index is 6.08. The molecular formula is C15H25N3O. The molecule has 1 aromatic carbocycles. The summed E-state index contributed by atoms with van der Waals surface area (Å²) in [6.07, 6.45) is 0. The Balaban J connectivity index is 2.01. The Hall–Kier alpha value is -1.42. The highest BCUT2D eigenvalue weighted by molar-refractivity contribution is 5.69. The zero-order valence-electron chi connectivity index (χ0n) is 12.2. The van der Waals surface area contributed by atoms with Crippen molar-refractivity contribution in [2.75, 3.05) is 50.5 Å². The van der Waals surface area contributed by atoms with Gasteiger partial charge in [-0.15, -0.1) is 0 Å². The summed E-state index contributed by atoms with van der Waals surface area (Å²) >= 11 is 0. The average molecular weight is 263 g/mol. The first-order chi connectivity index (χ1) is 9.10. The highest BCUT2D eigenvalue weighted by atomic mass is 16.5. The molecule has 19 heavy (non-hydrogen) atoms. The van der Waals surface area contributed by atoms with Gasteiger partial charge in [-0.25, -0.2) is 0 Å². The molecule has 0 saturated carbocycles. The SMILES string of the molecule is COc1ccc(N)c(N2CCN(CC(C)C)CC2)c1. The van der Waals surface area contributed by atoms with Crippen LogP contribution in [-0.4, -0.2) is 44.7 Å². The van der Waals surface area contributed by atoms with Gasteiger partial charge < -0.3 is 15.4 Å². The third kappa shape index (κ3) is 3.53. The number of hydrogen-bond acceptors (Lipinski definition) is 4. The van der Waals surface area contributed by atoms with Crippen LogP contribution in [0.15, 0.2) is 18.2 Å². The average Bonchev–Trinajstić information content (AvgIpc) is 2.40. The van der Waals surface area contributed by atoms with Gasteiger partial charge in [0.05, 0.1) is 18.5 Å². The van der Waals surface area contributed by atoms with Crippen LogP contribution in [0.3, 0.4) is 0 Å². The van der Waals surface area contributed by atoms with E-state index >= 15 is 0 Å². The molecule has 1 aliphatic rings. The molecule has 0 bridgehead atoms. The third-order valence-electron chi connectivity index (χ3n) is 3.57. The molecule has 0 radical (unpaired) electrons. The zero-order chi connectivity index (χ0) is 13.8. The van der Waals surface area contributed by atoms with Gasteiger partial charge in [0.25, 0.3) is 0 Å². The van der Waals surface area contributed by atoms with Crippen molar-refractivity contribution in [1.82, 2.24) is 4.90 Å². The fourth-order valence-corrected chi connectivity index (χ4v) is 2.61. The van der Waals surface area contributed by atoms with Crippen molar-refractivity contribution in [1.29, 1.82) is 0 Å². The molecule has 0 unspecified atom stereocenters. The van der Waals surface area contributed by atoms with Gasteiger partial charge >= 0.3 is 0 Å². The molecule has 2 N–H and O–H groups in total. The van der Waals surface area contributed by atoms with Crippen molar-refractivity contribution < 1.29 is 4.74 Å². The number of nitrogens with two attached hydrogens (primary N) is 1. The van der Waals surface area contributed by atoms with Crippen LogP contribution in [0.25, 0.3) is 0 Å². The van der Waals surface area contributed by atoms with Crippen LogP contribution in [0.5, 0.6) is 5.75 Å². The predicted octanol–water partition coefficient (Wildman–Crippen LogP) is 2.06. The lowest BCUT2D eigenvalue weighted by atomic mass is 10.1. The zero-order valence-corrected chi connectivity index (χ0v) is 12.2. The summed E-state index contributed by atoms with van der Waals surface area (Å²) in [7, 11) is 1.69. The van der Waals surface area contributed by atoms with Gasteiger partial charge in [-0.05, 0) is 18.1 Å². The topological polar surface area (TPSA) is 41.7 Å². The summed E-state index contributed by atoms with van der Waals surface area (Å²) in [5.74, 6) is 1.60. The molecule has 1 saturated heterocycles. The molecule has 2 rings (SSSR count). The number of ether oxygens (including phenoxy) is 1. The second-order valence-corrected chi connectivity index (χ2v) is 5.61. The Morgan fingerprint density at radius 3 is 2.47 bits per heavy atom. The summed E-state index contributed by atoms with van der Waals surface area (Å²) in [5, 5.41) is 0. The summed E-state index contributed by atoms with van der Waals surface area (Å²) in [4.78, 5) is 4.88. The molecule has 4 heteroatoms. The maximum Gasteiger partial charge on any atom is 0.121 e. The van der Waals surface area contributed by atoms with Crippen molar-refractivity contribution in [3.05, 3.63) is 18.2 Å². The lowest BCUT2D eigenvalue weighted by Gasteiger charge is -2.37. The first-order valence-electron chi connectivity index (χ1n) is 7.01. The van der Waals surface area contributed by atoms with Gasteiger partial charge in [-0.2, -0.15) is 0 Å². The molecule has 1 heterocycles. The number of methoxy groups -OCH3 is 1. The first kappa shape index (κ1) is 14.0. The number of benzene rings is 1. The minimum atomic E-state index is 0.730. The highest BCUT2D eigenvalue weighted by Crippen LogP contribution is 2.28. The molecule has 1 fully saturated rings. The van der Waals surface area contributed by atoms with E-state index in [-0.39, 0.29) is 0 Å². The molecule has 0 aliphatic carbocycles. The summed E-state index contributed by atoms with van der Waals surface area (Å²) in [6, 6.07) is 5.87. The van der Waals surface area contributed by atoms with Crippen molar-refractivity contribution >= 4 is 11.4 Å².